The normalized spacial score (nSPS) is 14.5. The molecule has 10 nitrogen and oxygen atoms in total. The molecular formula is C27H31ClN4O6S2. The van der Waals surface area contributed by atoms with Crippen LogP contribution in [-0.2, 0) is 19.4 Å². The summed E-state index contributed by atoms with van der Waals surface area (Å²) < 4.78 is 35.2. The minimum Gasteiger partial charge on any atom is -0.494 e. The molecule has 1 saturated carbocycles. The molecule has 2 amide bonds. The molecule has 2 aromatic carbocycles. The SMILES string of the molecule is Cc1nc(NC(=O)Nc2ccc(OCC[C@H](N)C(=O)OC3CCCC3)cc2)sc1-c1ccc(Cl)c(S(C)(=O)=O)c1. The van der Waals surface area contributed by atoms with Crippen LogP contribution in [0.15, 0.2) is 47.4 Å². The Balaban J connectivity index is 1.27. The zero-order chi connectivity index (χ0) is 28.9. The average molecular weight is 607 g/mol. The molecule has 1 aromatic heterocycles. The van der Waals surface area contributed by atoms with Gasteiger partial charge in [-0.2, -0.15) is 0 Å². The molecule has 1 atom stereocenters. The minimum atomic E-state index is -3.50. The highest BCUT2D eigenvalue weighted by Gasteiger charge is 2.23. The molecule has 40 heavy (non-hydrogen) atoms. The molecule has 4 N–H and O–H groups in total. The monoisotopic (exact) mass is 606 g/mol. The third kappa shape index (κ3) is 7.94. The fourth-order valence-corrected chi connectivity index (χ4v) is 6.48. The van der Waals surface area contributed by atoms with Gasteiger partial charge in [0.15, 0.2) is 15.0 Å². The van der Waals surface area contributed by atoms with Gasteiger partial charge in [0, 0.05) is 18.4 Å². The van der Waals surface area contributed by atoms with Gasteiger partial charge in [-0.05, 0) is 74.6 Å². The van der Waals surface area contributed by atoms with Crippen molar-refractivity contribution < 1.29 is 27.5 Å². The van der Waals surface area contributed by atoms with E-state index >= 15 is 0 Å². The molecule has 1 aliphatic rings. The lowest BCUT2D eigenvalue weighted by Gasteiger charge is -2.16. The summed E-state index contributed by atoms with van der Waals surface area (Å²) in [7, 11) is -3.50. The van der Waals surface area contributed by atoms with E-state index in [0.717, 1.165) is 31.9 Å². The summed E-state index contributed by atoms with van der Waals surface area (Å²) in [4.78, 5) is 29.8. The summed E-state index contributed by atoms with van der Waals surface area (Å²) in [6.07, 6.45) is 5.36. The van der Waals surface area contributed by atoms with E-state index in [9.17, 15) is 18.0 Å². The Hall–Kier alpha value is -3.19. The number of halogens is 1. The molecule has 1 fully saturated rings. The number of rotatable bonds is 10. The van der Waals surface area contributed by atoms with Crippen molar-refractivity contribution in [2.24, 2.45) is 5.73 Å². The van der Waals surface area contributed by atoms with E-state index in [1.807, 2.05) is 0 Å². The first kappa shape index (κ1) is 29.8. The van der Waals surface area contributed by atoms with E-state index < -0.39 is 27.9 Å². The Labute approximate surface area is 242 Å². The minimum absolute atomic E-state index is 0.0167. The number of nitrogens with one attached hydrogen (secondary N) is 2. The van der Waals surface area contributed by atoms with Crippen molar-refractivity contribution in [3.05, 3.63) is 53.2 Å². The number of amides is 2. The maximum absolute atomic E-state index is 12.5. The zero-order valence-electron chi connectivity index (χ0n) is 22.1. The molecule has 0 spiro atoms. The van der Waals surface area contributed by atoms with Gasteiger partial charge in [-0.1, -0.05) is 29.0 Å². The Morgan fingerprint density at radius 1 is 1.15 bits per heavy atom. The van der Waals surface area contributed by atoms with Crippen molar-refractivity contribution in [2.45, 2.75) is 56.1 Å². The third-order valence-corrected chi connectivity index (χ3v) is 9.01. The number of aromatic nitrogens is 1. The smallest absolute Gasteiger partial charge is 0.325 e. The van der Waals surface area contributed by atoms with Crippen LogP contribution in [0, 0.1) is 6.92 Å². The molecule has 0 saturated heterocycles. The second-order valence-electron chi connectivity index (χ2n) is 9.54. The molecule has 0 bridgehead atoms. The Kier molecular flexibility index (Phi) is 9.67. The number of anilines is 2. The highest BCUT2D eigenvalue weighted by atomic mass is 35.5. The van der Waals surface area contributed by atoms with Gasteiger partial charge < -0.3 is 20.5 Å². The number of sulfone groups is 1. The number of carbonyl (C=O) groups excluding carboxylic acids is 2. The average Bonchev–Trinajstić information content (AvgIpc) is 3.53. The summed E-state index contributed by atoms with van der Waals surface area (Å²) in [6, 6.07) is 10.3. The largest absolute Gasteiger partial charge is 0.494 e. The number of hydrogen-bond acceptors (Lipinski definition) is 9. The number of esters is 1. The lowest BCUT2D eigenvalue weighted by Crippen LogP contribution is -2.35. The first-order valence-corrected chi connectivity index (χ1v) is 15.8. The predicted molar refractivity (Wildman–Crippen MR) is 156 cm³/mol. The lowest BCUT2D eigenvalue weighted by atomic mass is 10.2. The Bertz CT molecular complexity index is 1470. The first-order chi connectivity index (χ1) is 19.0. The topological polar surface area (TPSA) is 150 Å². The highest BCUT2D eigenvalue weighted by Crippen LogP contribution is 2.35. The van der Waals surface area contributed by atoms with Gasteiger partial charge in [0.25, 0.3) is 0 Å². The maximum Gasteiger partial charge on any atom is 0.325 e. The second-order valence-corrected chi connectivity index (χ2v) is 12.9. The van der Waals surface area contributed by atoms with Gasteiger partial charge in [0.1, 0.15) is 17.9 Å². The standard InChI is InChI=1S/C27H31ClN4O6S2/c1-16-24(17-7-12-21(28)23(15-17)40(2,35)36)39-27(30-16)32-26(34)31-18-8-10-19(11-9-18)37-14-13-22(29)25(33)38-20-5-3-4-6-20/h7-12,15,20,22H,3-6,13-14,29H2,1-2H3,(H2,30,31,32,34)/t22-/m0/s1. The van der Waals surface area contributed by atoms with Crippen molar-refractivity contribution >= 4 is 55.6 Å². The lowest BCUT2D eigenvalue weighted by molar-refractivity contribution is -0.150. The van der Waals surface area contributed by atoms with E-state index in [1.54, 1.807) is 37.3 Å². The molecule has 0 radical (unpaired) electrons. The van der Waals surface area contributed by atoms with Crippen LogP contribution in [0.5, 0.6) is 5.75 Å². The number of benzene rings is 2. The third-order valence-electron chi connectivity index (χ3n) is 6.31. The summed E-state index contributed by atoms with van der Waals surface area (Å²) in [6.45, 7) is 2.02. The molecule has 13 heteroatoms. The van der Waals surface area contributed by atoms with Crippen molar-refractivity contribution in [1.29, 1.82) is 0 Å². The van der Waals surface area contributed by atoms with E-state index in [2.05, 4.69) is 15.6 Å². The van der Waals surface area contributed by atoms with E-state index in [-0.39, 0.29) is 22.6 Å². The van der Waals surface area contributed by atoms with Gasteiger partial charge in [0.2, 0.25) is 0 Å². The molecule has 0 unspecified atom stereocenters. The molecule has 1 aliphatic carbocycles. The number of ether oxygens (including phenoxy) is 2. The van der Waals surface area contributed by atoms with Crippen LogP contribution >= 0.6 is 22.9 Å². The highest BCUT2D eigenvalue weighted by molar-refractivity contribution is 7.90. The maximum atomic E-state index is 12.5. The fourth-order valence-electron chi connectivity index (χ4n) is 4.22. The van der Waals surface area contributed by atoms with E-state index in [4.69, 9.17) is 26.8 Å². The van der Waals surface area contributed by atoms with Gasteiger partial charge in [-0.3, -0.25) is 10.1 Å². The summed E-state index contributed by atoms with van der Waals surface area (Å²) in [5.74, 6) is 0.175. The number of hydrogen-bond donors (Lipinski definition) is 3. The van der Waals surface area contributed by atoms with Crippen molar-refractivity contribution in [2.75, 3.05) is 23.5 Å². The number of carbonyl (C=O) groups is 2. The number of nitrogens with zero attached hydrogens (tertiary/aromatic N) is 1. The first-order valence-electron chi connectivity index (χ1n) is 12.7. The molecule has 1 heterocycles. The van der Waals surface area contributed by atoms with Crippen LogP contribution in [0.1, 0.15) is 37.8 Å². The second kappa shape index (κ2) is 13.0. The van der Waals surface area contributed by atoms with Crippen LogP contribution in [0.4, 0.5) is 15.6 Å². The van der Waals surface area contributed by atoms with Gasteiger partial charge >= 0.3 is 12.0 Å². The predicted octanol–water partition coefficient (Wildman–Crippen LogP) is 5.40. The van der Waals surface area contributed by atoms with Crippen LogP contribution in [0.3, 0.4) is 0 Å². The summed E-state index contributed by atoms with van der Waals surface area (Å²) >= 11 is 7.27. The molecule has 4 rings (SSSR count). The van der Waals surface area contributed by atoms with Crippen LogP contribution in [0.25, 0.3) is 10.4 Å². The number of aryl methyl sites for hydroxylation is 1. The van der Waals surface area contributed by atoms with Crippen LogP contribution in [0.2, 0.25) is 5.02 Å². The van der Waals surface area contributed by atoms with Crippen molar-refractivity contribution in [3.8, 4) is 16.2 Å². The molecule has 3 aromatic rings. The van der Waals surface area contributed by atoms with Crippen molar-refractivity contribution in [1.82, 2.24) is 4.98 Å². The molecule has 214 valence electrons. The van der Waals surface area contributed by atoms with E-state index in [0.29, 0.717) is 39.1 Å². The Morgan fingerprint density at radius 3 is 2.52 bits per heavy atom. The zero-order valence-corrected chi connectivity index (χ0v) is 24.5. The van der Waals surface area contributed by atoms with Gasteiger partial charge in [0.05, 0.1) is 27.1 Å². The molecule has 0 aliphatic heterocycles. The summed E-state index contributed by atoms with van der Waals surface area (Å²) in [5, 5.41) is 5.92. The quantitative estimate of drug-likeness (QED) is 0.260. The van der Waals surface area contributed by atoms with Gasteiger partial charge in [-0.15, -0.1) is 0 Å². The van der Waals surface area contributed by atoms with Crippen molar-refractivity contribution in [3.63, 3.8) is 0 Å². The fraction of sp³-hybridized carbons (Fsp3) is 0.370. The number of nitrogens with two attached hydrogens (primary N) is 1. The van der Waals surface area contributed by atoms with Crippen LogP contribution < -0.4 is 21.1 Å². The number of thiazole rings is 1. The molecular weight excluding hydrogens is 576 g/mol. The number of urea groups is 1. The Morgan fingerprint density at radius 2 is 1.85 bits per heavy atom. The van der Waals surface area contributed by atoms with Gasteiger partial charge in [-0.25, -0.2) is 18.2 Å². The van der Waals surface area contributed by atoms with E-state index in [1.165, 1.54) is 23.5 Å². The summed E-state index contributed by atoms with van der Waals surface area (Å²) in [5.41, 5.74) is 7.73. The van der Waals surface area contributed by atoms with Crippen LogP contribution in [-0.4, -0.2) is 50.4 Å².